The van der Waals surface area contributed by atoms with Crippen LogP contribution in [-0.2, 0) is 14.8 Å². The lowest BCUT2D eigenvalue weighted by Gasteiger charge is -2.29. The van der Waals surface area contributed by atoms with Crippen LogP contribution in [0.1, 0.15) is 31.2 Å². The lowest BCUT2D eigenvalue weighted by atomic mass is 10.2. The molecule has 128 valence electrons. The number of carbonyl (C=O) groups is 1. The number of halogens is 1. The van der Waals surface area contributed by atoms with Crippen LogP contribution in [0.2, 0.25) is 5.02 Å². The predicted octanol–water partition coefficient (Wildman–Crippen LogP) is 2.82. The van der Waals surface area contributed by atoms with E-state index >= 15 is 0 Å². The zero-order chi connectivity index (χ0) is 17.2. The molecule has 0 aromatic heterocycles. The molecule has 23 heavy (non-hydrogen) atoms. The quantitative estimate of drug-likeness (QED) is 0.813. The molecule has 0 saturated heterocycles. The number of amides is 1. The maximum Gasteiger partial charge on any atom is 0.243 e. The number of benzene rings is 1. The summed E-state index contributed by atoms with van der Waals surface area (Å²) in [5.74, 6) is -0.184. The lowest BCUT2D eigenvalue weighted by molar-refractivity contribution is -0.130. The van der Waals surface area contributed by atoms with E-state index < -0.39 is 10.0 Å². The Morgan fingerprint density at radius 2 is 1.91 bits per heavy atom. The van der Waals surface area contributed by atoms with Crippen LogP contribution in [0.15, 0.2) is 18.2 Å². The first-order valence-electron chi connectivity index (χ1n) is 7.69. The molecular formula is C16H23ClN2O3S. The fourth-order valence-corrected chi connectivity index (χ4v) is 4.14. The average molecular weight is 359 g/mol. The third kappa shape index (κ3) is 4.38. The molecule has 7 heteroatoms. The summed E-state index contributed by atoms with van der Waals surface area (Å²) in [5.41, 5.74) is 1.21. The third-order valence-electron chi connectivity index (χ3n) is 4.37. The minimum Gasteiger partial charge on any atom is -0.341 e. The van der Waals surface area contributed by atoms with Crippen molar-refractivity contribution in [3.05, 3.63) is 28.8 Å². The monoisotopic (exact) mass is 358 g/mol. The Morgan fingerprint density at radius 3 is 2.43 bits per heavy atom. The molecule has 0 aliphatic heterocycles. The van der Waals surface area contributed by atoms with Gasteiger partial charge in [-0.05, 0) is 43.5 Å². The second kappa shape index (κ2) is 7.09. The molecule has 0 unspecified atom stereocenters. The summed E-state index contributed by atoms with van der Waals surface area (Å²) in [6, 6.07) is 5.19. The Balaban J connectivity index is 2.24. The molecule has 0 heterocycles. The van der Waals surface area contributed by atoms with E-state index in [1.807, 2.05) is 0 Å². The number of carbonyl (C=O) groups excluding carboxylic acids is 1. The molecule has 1 aromatic rings. The Kier molecular flexibility index (Phi) is 5.57. The molecule has 1 saturated carbocycles. The van der Waals surface area contributed by atoms with Gasteiger partial charge < -0.3 is 4.90 Å². The van der Waals surface area contributed by atoms with Gasteiger partial charge >= 0.3 is 0 Å². The number of hydrogen-bond donors (Lipinski definition) is 0. The van der Waals surface area contributed by atoms with Gasteiger partial charge in [-0.15, -0.1) is 0 Å². The molecule has 0 atom stereocenters. The smallest absolute Gasteiger partial charge is 0.243 e. The van der Waals surface area contributed by atoms with Crippen LogP contribution in [0.5, 0.6) is 0 Å². The van der Waals surface area contributed by atoms with Gasteiger partial charge in [-0.2, -0.15) is 0 Å². The molecular weight excluding hydrogens is 336 g/mol. The van der Waals surface area contributed by atoms with Gasteiger partial charge in [-0.25, -0.2) is 8.42 Å². The average Bonchev–Trinajstić information content (AvgIpc) is 2.97. The summed E-state index contributed by atoms with van der Waals surface area (Å²) in [6.45, 7) is 1.60. The van der Waals surface area contributed by atoms with Crippen molar-refractivity contribution in [2.75, 3.05) is 24.2 Å². The maximum absolute atomic E-state index is 12.5. The van der Waals surface area contributed by atoms with Gasteiger partial charge in [-0.3, -0.25) is 9.10 Å². The van der Waals surface area contributed by atoms with Gasteiger partial charge in [0.2, 0.25) is 15.9 Å². The van der Waals surface area contributed by atoms with Gasteiger partial charge in [-0.1, -0.05) is 24.4 Å². The normalized spacial score (nSPS) is 15.7. The fourth-order valence-electron chi connectivity index (χ4n) is 3.01. The van der Waals surface area contributed by atoms with Crippen molar-refractivity contribution < 1.29 is 13.2 Å². The molecule has 0 N–H and O–H groups in total. The maximum atomic E-state index is 12.5. The van der Waals surface area contributed by atoms with E-state index in [-0.39, 0.29) is 18.5 Å². The second-order valence-corrected chi connectivity index (χ2v) is 8.49. The van der Waals surface area contributed by atoms with Crippen LogP contribution in [0, 0.1) is 6.92 Å². The topological polar surface area (TPSA) is 57.7 Å². The summed E-state index contributed by atoms with van der Waals surface area (Å²) in [7, 11) is -1.81. The molecule has 0 radical (unpaired) electrons. The Bertz CT molecular complexity index is 685. The van der Waals surface area contributed by atoms with Crippen LogP contribution in [-0.4, -0.2) is 45.1 Å². The molecule has 1 aromatic carbocycles. The SMILES string of the molecule is Cc1cc(Cl)ccc1N(CC(=O)N(C)C1CCCC1)S(C)(=O)=O. The lowest BCUT2D eigenvalue weighted by Crippen LogP contribution is -2.44. The van der Waals surface area contributed by atoms with Gasteiger partial charge in [0.15, 0.2) is 0 Å². The zero-order valence-corrected chi connectivity index (χ0v) is 15.3. The number of sulfonamides is 1. The molecule has 2 rings (SSSR count). The molecule has 5 nitrogen and oxygen atoms in total. The molecule has 1 fully saturated rings. The van der Waals surface area contributed by atoms with E-state index in [1.54, 1.807) is 37.1 Å². The highest BCUT2D eigenvalue weighted by Crippen LogP contribution is 2.27. The first-order chi connectivity index (χ1) is 10.7. The number of likely N-dealkylation sites (N-methyl/N-ethyl adjacent to an activating group) is 1. The second-order valence-electron chi connectivity index (χ2n) is 6.14. The standard InChI is InChI=1S/C16H23ClN2O3S/c1-12-10-13(17)8-9-15(12)19(23(3,21)22)11-16(20)18(2)14-6-4-5-7-14/h8-10,14H,4-7,11H2,1-3H3. The van der Waals surface area contributed by atoms with Crippen LogP contribution in [0.25, 0.3) is 0 Å². The predicted molar refractivity (Wildman–Crippen MR) is 93.4 cm³/mol. The van der Waals surface area contributed by atoms with Gasteiger partial charge in [0.1, 0.15) is 6.54 Å². The van der Waals surface area contributed by atoms with E-state index in [4.69, 9.17) is 11.6 Å². The number of nitrogens with zero attached hydrogens (tertiary/aromatic N) is 2. The van der Waals surface area contributed by atoms with Gasteiger partial charge in [0.05, 0.1) is 11.9 Å². The van der Waals surface area contributed by atoms with E-state index in [1.165, 1.54) is 0 Å². The van der Waals surface area contributed by atoms with Crippen LogP contribution in [0.3, 0.4) is 0 Å². The number of aryl methyl sites for hydroxylation is 1. The Labute approximate surface area is 143 Å². The minimum atomic E-state index is -3.56. The van der Waals surface area contributed by atoms with Crippen LogP contribution < -0.4 is 4.31 Å². The third-order valence-corrected chi connectivity index (χ3v) is 5.73. The van der Waals surface area contributed by atoms with Crippen molar-refractivity contribution in [3.63, 3.8) is 0 Å². The first kappa shape index (κ1) is 18.1. The van der Waals surface area contributed by atoms with Gasteiger partial charge in [0.25, 0.3) is 0 Å². The molecule has 0 spiro atoms. The number of anilines is 1. The summed E-state index contributed by atoms with van der Waals surface area (Å²) in [4.78, 5) is 14.2. The minimum absolute atomic E-state index is 0.184. The zero-order valence-electron chi connectivity index (χ0n) is 13.8. The molecule has 0 bridgehead atoms. The number of rotatable bonds is 5. The highest BCUT2D eigenvalue weighted by Gasteiger charge is 2.28. The van der Waals surface area contributed by atoms with E-state index in [0.717, 1.165) is 41.8 Å². The molecule has 1 aliphatic rings. The summed E-state index contributed by atoms with van der Waals surface area (Å²) < 4.78 is 25.5. The van der Waals surface area contributed by atoms with Crippen molar-refractivity contribution in [2.24, 2.45) is 0 Å². The summed E-state index contributed by atoms with van der Waals surface area (Å²) >= 11 is 5.94. The van der Waals surface area contributed by atoms with Crippen molar-refractivity contribution in [1.29, 1.82) is 0 Å². The number of hydrogen-bond acceptors (Lipinski definition) is 3. The molecule has 1 aliphatic carbocycles. The van der Waals surface area contributed by atoms with Crippen molar-refractivity contribution in [2.45, 2.75) is 38.6 Å². The van der Waals surface area contributed by atoms with E-state index in [2.05, 4.69) is 0 Å². The highest BCUT2D eigenvalue weighted by atomic mass is 35.5. The fraction of sp³-hybridized carbons (Fsp3) is 0.562. The van der Waals surface area contributed by atoms with Crippen molar-refractivity contribution in [3.8, 4) is 0 Å². The van der Waals surface area contributed by atoms with Gasteiger partial charge in [0, 0.05) is 18.1 Å². The van der Waals surface area contributed by atoms with Crippen LogP contribution in [0.4, 0.5) is 5.69 Å². The van der Waals surface area contributed by atoms with Crippen molar-refractivity contribution in [1.82, 2.24) is 4.90 Å². The highest BCUT2D eigenvalue weighted by molar-refractivity contribution is 7.92. The molecule has 1 amide bonds. The largest absolute Gasteiger partial charge is 0.341 e. The van der Waals surface area contributed by atoms with Crippen LogP contribution >= 0.6 is 11.6 Å². The summed E-state index contributed by atoms with van der Waals surface area (Å²) in [5, 5.41) is 0.536. The van der Waals surface area contributed by atoms with Crippen molar-refractivity contribution >= 4 is 33.2 Å². The van der Waals surface area contributed by atoms with E-state index in [0.29, 0.717) is 10.7 Å². The van der Waals surface area contributed by atoms with E-state index in [9.17, 15) is 13.2 Å². The summed E-state index contributed by atoms with van der Waals surface area (Å²) in [6.07, 6.45) is 5.33. The Morgan fingerprint density at radius 1 is 1.30 bits per heavy atom. The Hall–Kier alpha value is -1.27. The first-order valence-corrected chi connectivity index (χ1v) is 9.92.